The molecule has 3 rings (SSSR count). The summed E-state index contributed by atoms with van der Waals surface area (Å²) >= 11 is 5.70. The van der Waals surface area contributed by atoms with Gasteiger partial charge in [-0.1, -0.05) is 11.6 Å². The number of urea groups is 1. The Morgan fingerprint density at radius 2 is 1.61 bits per heavy atom. The fourth-order valence-corrected chi connectivity index (χ4v) is 2.67. The number of anilines is 1. The maximum Gasteiger partial charge on any atom is 0.440 e. The number of alkyl halides is 3. The molecule has 2 N–H and O–H groups in total. The van der Waals surface area contributed by atoms with Crippen molar-refractivity contribution in [2.45, 2.75) is 11.8 Å². The van der Waals surface area contributed by atoms with Gasteiger partial charge in [-0.15, -0.1) is 0 Å². The molecule has 0 saturated carbocycles. The van der Waals surface area contributed by atoms with Gasteiger partial charge in [0, 0.05) is 10.6 Å². The van der Waals surface area contributed by atoms with Gasteiger partial charge in [-0.05, 0) is 48.5 Å². The van der Waals surface area contributed by atoms with Gasteiger partial charge in [0.1, 0.15) is 5.82 Å². The van der Waals surface area contributed by atoms with Crippen LogP contribution in [0.4, 0.5) is 28.0 Å². The Bertz CT molecular complexity index is 948. The summed E-state index contributed by atoms with van der Waals surface area (Å²) in [4.78, 5) is 37.2. The normalized spacial score (nSPS) is 19.5. The third-order valence-corrected chi connectivity index (χ3v) is 4.19. The predicted molar refractivity (Wildman–Crippen MR) is 90.1 cm³/mol. The highest BCUT2D eigenvalue weighted by atomic mass is 35.5. The molecule has 1 atom stereocenters. The van der Waals surface area contributed by atoms with Crippen molar-refractivity contribution < 1.29 is 31.9 Å². The quantitative estimate of drug-likeness (QED) is 0.597. The van der Waals surface area contributed by atoms with E-state index in [9.17, 15) is 31.9 Å². The van der Waals surface area contributed by atoms with E-state index in [1.165, 1.54) is 34.9 Å². The van der Waals surface area contributed by atoms with Gasteiger partial charge in [-0.3, -0.25) is 14.9 Å². The van der Waals surface area contributed by atoms with Crippen LogP contribution < -0.4 is 15.5 Å². The Morgan fingerprint density at radius 1 is 1.04 bits per heavy atom. The molecule has 0 aromatic heterocycles. The lowest BCUT2D eigenvalue weighted by Gasteiger charge is -2.29. The second-order valence-corrected chi connectivity index (χ2v) is 6.19. The summed E-state index contributed by atoms with van der Waals surface area (Å²) in [5, 5.41) is 3.27. The summed E-state index contributed by atoms with van der Waals surface area (Å²) in [5.41, 5.74) is -4.19. The predicted octanol–water partition coefficient (Wildman–Crippen LogP) is 3.22. The van der Waals surface area contributed by atoms with E-state index in [-0.39, 0.29) is 21.2 Å². The Kier molecular flexibility index (Phi) is 4.76. The SMILES string of the molecule is O=C(N[C@@]1(C(F)(F)F)NC(=O)N(c2ccc(Cl)cc2)C1=O)c1ccc(F)cc1. The zero-order valence-corrected chi connectivity index (χ0v) is 14.4. The minimum Gasteiger partial charge on any atom is -0.314 e. The number of carbonyl (C=O) groups is 3. The lowest BCUT2D eigenvalue weighted by molar-refractivity contribution is -0.197. The average molecular weight is 416 g/mol. The molecule has 0 aliphatic carbocycles. The second-order valence-electron chi connectivity index (χ2n) is 5.76. The van der Waals surface area contributed by atoms with Crippen molar-refractivity contribution >= 4 is 35.1 Å². The number of rotatable bonds is 3. The van der Waals surface area contributed by atoms with Crippen molar-refractivity contribution in [3.05, 3.63) is 64.9 Å². The van der Waals surface area contributed by atoms with Crippen LogP contribution in [0, 0.1) is 5.82 Å². The van der Waals surface area contributed by atoms with Gasteiger partial charge in [0.25, 0.3) is 17.5 Å². The number of benzene rings is 2. The molecule has 6 nitrogen and oxygen atoms in total. The average Bonchev–Trinajstić information content (AvgIpc) is 2.87. The topological polar surface area (TPSA) is 78.5 Å². The molecule has 1 heterocycles. The molecule has 0 radical (unpaired) electrons. The Balaban J connectivity index is 1.99. The van der Waals surface area contributed by atoms with Crippen molar-refractivity contribution in [2.75, 3.05) is 4.90 Å². The van der Waals surface area contributed by atoms with E-state index >= 15 is 0 Å². The fourth-order valence-electron chi connectivity index (χ4n) is 2.55. The van der Waals surface area contributed by atoms with E-state index in [1.807, 2.05) is 0 Å². The molecule has 4 amide bonds. The lowest BCUT2D eigenvalue weighted by Crippen LogP contribution is -2.69. The van der Waals surface area contributed by atoms with E-state index in [4.69, 9.17) is 11.6 Å². The monoisotopic (exact) mass is 415 g/mol. The highest BCUT2D eigenvalue weighted by Crippen LogP contribution is 2.36. The molecule has 0 unspecified atom stereocenters. The number of nitrogens with one attached hydrogen (secondary N) is 2. The standard InChI is InChI=1S/C17H10ClF4N3O3/c18-10-3-7-12(8-4-10)25-14(27)16(17(20,21)22,24-15(25)28)23-13(26)9-1-5-11(19)6-2-9/h1-8H,(H,23,26)(H,24,28)/t16-/m1/s1. The minimum absolute atomic E-state index is 0.172. The zero-order chi connectivity index (χ0) is 20.7. The molecule has 2 aromatic rings. The van der Waals surface area contributed by atoms with Crippen molar-refractivity contribution in [3.8, 4) is 0 Å². The second kappa shape index (κ2) is 6.79. The van der Waals surface area contributed by atoms with Crippen LogP contribution in [-0.4, -0.2) is 29.7 Å². The molecular formula is C17H10ClF4N3O3. The smallest absolute Gasteiger partial charge is 0.314 e. The van der Waals surface area contributed by atoms with E-state index in [2.05, 4.69) is 0 Å². The Morgan fingerprint density at radius 3 is 2.14 bits per heavy atom. The van der Waals surface area contributed by atoms with Gasteiger partial charge in [0.05, 0.1) is 5.69 Å². The summed E-state index contributed by atoms with van der Waals surface area (Å²) < 4.78 is 54.3. The first-order chi connectivity index (χ1) is 13.0. The first kappa shape index (κ1) is 19.6. The van der Waals surface area contributed by atoms with E-state index < -0.39 is 35.5 Å². The molecule has 11 heteroatoms. The van der Waals surface area contributed by atoms with Crippen LogP contribution in [0.15, 0.2) is 48.5 Å². The third kappa shape index (κ3) is 3.26. The molecule has 2 aromatic carbocycles. The first-order valence-corrected chi connectivity index (χ1v) is 8.00. The largest absolute Gasteiger partial charge is 0.440 e. The summed E-state index contributed by atoms with van der Waals surface area (Å²) in [6.07, 6.45) is -5.36. The van der Waals surface area contributed by atoms with E-state index in [0.29, 0.717) is 0 Å². The maximum atomic E-state index is 13.8. The Labute approximate surface area is 160 Å². The van der Waals surface area contributed by atoms with Crippen LogP contribution in [0.25, 0.3) is 0 Å². The molecule has 28 heavy (non-hydrogen) atoms. The number of hydrogen-bond donors (Lipinski definition) is 2. The van der Waals surface area contributed by atoms with Crippen LogP contribution >= 0.6 is 11.6 Å². The van der Waals surface area contributed by atoms with Crippen LogP contribution in [0.1, 0.15) is 10.4 Å². The minimum atomic E-state index is -5.36. The summed E-state index contributed by atoms with van der Waals surface area (Å²) in [6.45, 7) is 0. The van der Waals surface area contributed by atoms with Crippen molar-refractivity contribution in [1.82, 2.24) is 10.6 Å². The van der Waals surface area contributed by atoms with Crippen LogP contribution in [-0.2, 0) is 4.79 Å². The number of halogens is 5. The molecule has 1 fully saturated rings. The van der Waals surface area contributed by atoms with Crippen LogP contribution in [0.2, 0.25) is 5.02 Å². The fraction of sp³-hybridized carbons (Fsp3) is 0.118. The van der Waals surface area contributed by atoms with E-state index in [0.717, 1.165) is 24.3 Å². The number of imide groups is 1. The van der Waals surface area contributed by atoms with Gasteiger partial charge < -0.3 is 5.32 Å². The molecular weight excluding hydrogens is 406 g/mol. The van der Waals surface area contributed by atoms with Crippen molar-refractivity contribution in [2.24, 2.45) is 0 Å². The van der Waals surface area contributed by atoms with Crippen LogP contribution in [0.5, 0.6) is 0 Å². The van der Waals surface area contributed by atoms with Gasteiger partial charge in [0.2, 0.25) is 0 Å². The molecule has 146 valence electrons. The molecule has 1 aliphatic rings. The van der Waals surface area contributed by atoms with Gasteiger partial charge >= 0.3 is 12.2 Å². The molecule has 0 spiro atoms. The molecule has 1 aliphatic heterocycles. The Hall–Kier alpha value is -3.14. The van der Waals surface area contributed by atoms with Gasteiger partial charge in [0.15, 0.2) is 0 Å². The third-order valence-electron chi connectivity index (χ3n) is 3.94. The number of nitrogens with zero attached hydrogens (tertiary/aromatic N) is 1. The van der Waals surface area contributed by atoms with Crippen molar-refractivity contribution in [3.63, 3.8) is 0 Å². The highest BCUT2D eigenvalue weighted by molar-refractivity contribution is 6.31. The highest BCUT2D eigenvalue weighted by Gasteiger charge is 2.69. The number of amides is 4. The van der Waals surface area contributed by atoms with Gasteiger partial charge in [-0.25, -0.2) is 14.1 Å². The first-order valence-electron chi connectivity index (χ1n) is 7.62. The number of carbonyl (C=O) groups excluding carboxylic acids is 3. The number of hydrogen-bond acceptors (Lipinski definition) is 3. The van der Waals surface area contributed by atoms with Crippen LogP contribution in [0.3, 0.4) is 0 Å². The summed E-state index contributed by atoms with van der Waals surface area (Å²) in [6, 6.07) is 7.13. The lowest BCUT2D eigenvalue weighted by atomic mass is 10.1. The van der Waals surface area contributed by atoms with E-state index in [1.54, 1.807) is 0 Å². The maximum absolute atomic E-state index is 13.8. The summed E-state index contributed by atoms with van der Waals surface area (Å²) in [5.74, 6) is -3.78. The molecule has 1 saturated heterocycles. The van der Waals surface area contributed by atoms with Gasteiger partial charge in [-0.2, -0.15) is 13.2 Å². The van der Waals surface area contributed by atoms with Crippen molar-refractivity contribution in [1.29, 1.82) is 0 Å². The zero-order valence-electron chi connectivity index (χ0n) is 13.7. The molecule has 0 bridgehead atoms. The summed E-state index contributed by atoms with van der Waals surface area (Å²) in [7, 11) is 0.